The summed E-state index contributed by atoms with van der Waals surface area (Å²) in [6.45, 7) is 6.91. The lowest BCUT2D eigenvalue weighted by atomic mass is 10.2. The number of nitrogens with two attached hydrogens (primary N) is 1. The minimum Gasteiger partial charge on any atom is -0.389 e. The van der Waals surface area contributed by atoms with Gasteiger partial charge >= 0.3 is 0 Å². The van der Waals surface area contributed by atoms with Crippen molar-refractivity contribution in [3.8, 4) is 0 Å². The number of sulfonamides is 1. The maximum absolute atomic E-state index is 12.6. The fraction of sp³-hybridized carbons (Fsp3) is 0.583. The van der Waals surface area contributed by atoms with Crippen molar-refractivity contribution in [2.75, 3.05) is 26.2 Å². The van der Waals surface area contributed by atoms with E-state index >= 15 is 0 Å². The molecule has 112 valence electrons. The minimum atomic E-state index is -3.43. The molecule has 1 aliphatic heterocycles. The number of rotatable bonds is 4. The summed E-state index contributed by atoms with van der Waals surface area (Å²) in [5.41, 5.74) is 5.53. The van der Waals surface area contributed by atoms with Crippen LogP contribution in [0.1, 0.15) is 18.7 Å². The number of hydrogen-bond donors (Lipinski definition) is 1. The van der Waals surface area contributed by atoms with Crippen molar-refractivity contribution in [1.29, 1.82) is 0 Å². The van der Waals surface area contributed by atoms with Crippen molar-refractivity contribution in [2.45, 2.75) is 24.1 Å². The number of nitrogens with zero attached hydrogens (tertiary/aromatic N) is 2. The molecule has 1 saturated heterocycles. The first-order chi connectivity index (χ1) is 9.36. The van der Waals surface area contributed by atoms with Gasteiger partial charge in [0.15, 0.2) is 0 Å². The van der Waals surface area contributed by atoms with Gasteiger partial charge in [-0.25, -0.2) is 8.42 Å². The SMILES string of the molecule is CCN1CCN(S(=O)(=O)c2ccc(C(N)=S)s2)CC1C. The highest BCUT2D eigenvalue weighted by atomic mass is 32.2. The smallest absolute Gasteiger partial charge is 0.252 e. The van der Waals surface area contributed by atoms with E-state index in [2.05, 4.69) is 18.7 Å². The Morgan fingerprint density at radius 1 is 1.50 bits per heavy atom. The van der Waals surface area contributed by atoms with Crippen LogP contribution in [0.25, 0.3) is 0 Å². The van der Waals surface area contributed by atoms with Crippen LogP contribution < -0.4 is 5.73 Å². The number of likely N-dealkylation sites (N-methyl/N-ethyl adjacent to an activating group) is 1. The number of thiophene rings is 1. The van der Waals surface area contributed by atoms with E-state index in [1.54, 1.807) is 16.4 Å². The molecule has 0 aliphatic carbocycles. The Morgan fingerprint density at radius 2 is 2.20 bits per heavy atom. The van der Waals surface area contributed by atoms with E-state index in [1.165, 1.54) is 0 Å². The average Bonchev–Trinajstić information content (AvgIpc) is 2.89. The molecule has 0 bridgehead atoms. The Balaban J connectivity index is 2.20. The molecule has 0 aromatic carbocycles. The predicted octanol–water partition coefficient (Wildman–Crippen LogP) is 1.10. The molecule has 0 saturated carbocycles. The second-order valence-corrected chi connectivity index (χ2v) is 8.51. The average molecular weight is 334 g/mol. The summed E-state index contributed by atoms with van der Waals surface area (Å²) in [5.74, 6) is 0. The van der Waals surface area contributed by atoms with Crippen molar-refractivity contribution in [3.05, 3.63) is 17.0 Å². The topological polar surface area (TPSA) is 66.6 Å². The van der Waals surface area contributed by atoms with Gasteiger partial charge in [0.1, 0.15) is 9.20 Å². The second-order valence-electron chi connectivity index (χ2n) is 4.82. The predicted molar refractivity (Wildman–Crippen MR) is 85.7 cm³/mol. The van der Waals surface area contributed by atoms with Crippen LogP contribution in [0, 0.1) is 0 Å². The molecule has 2 rings (SSSR count). The number of hydrogen-bond acceptors (Lipinski definition) is 5. The lowest BCUT2D eigenvalue weighted by Crippen LogP contribution is -2.53. The Labute approximate surface area is 129 Å². The summed E-state index contributed by atoms with van der Waals surface area (Å²) in [4.78, 5) is 3.15. The van der Waals surface area contributed by atoms with Crippen molar-refractivity contribution < 1.29 is 8.42 Å². The summed E-state index contributed by atoms with van der Waals surface area (Å²) in [6, 6.07) is 3.50. The van der Waals surface area contributed by atoms with Gasteiger partial charge in [-0.05, 0) is 25.6 Å². The maximum atomic E-state index is 12.6. The van der Waals surface area contributed by atoms with Crippen LogP contribution in [0.4, 0.5) is 0 Å². The van der Waals surface area contributed by atoms with Gasteiger partial charge in [-0.3, -0.25) is 4.90 Å². The van der Waals surface area contributed by atoms with E-state index in [0.717, 1.165) is 24.4 Å². The molecule has 1 unspecified atom stereocenters. The molecule has 0 amide bonds. The van der Waals surface area contributed by atoms with E-state index in [1.807, 2.05) is 0 Å². The van der Waals surface area contributed by atoms with E-state index in [4.69, 9.17) is 18.0 Å². The molecule has 2 N–H and O–H groups in total. The lowest BCUT2D eigenvalue weighted by molar-refractivity contribution is 0.136. The first-order valence-electron chi connectivity index (χ1n) is 6.50. The third kappa shape index (κ3) is 3.04. The van der Waals surface area contributed by atoms with Crippen molar-refractivity contribution >= 4 is 38.6 Å². The van der Waals surface area contributed by atoms with Gasteiger partial charge in [0.25, 0.3) is 10.0 Å². The fourth-order valence-corrected chi connectivity index (χ4v) is 5.39. The zero-order chi connectivity index (χ0) is 14.9. The largest absolute Gasteiger partial charge is 0.389 e. The summed E-state index contributed by atoms with van der Waals surface area (Å²) < 4.78 is 27.1. The summed E-state index contributed by atoms with van der Waals surface area (Å²) in [7, 11) is -3.43. The van der Waals surface area contributed by atoms with Gasteiger partial charge in [-0.15, -0.1) is 11.3 Å². The van der Waals surface area contributed by atoms with Crippen LogP contribution in [0.15, 0.2) is 16.3 Å². The summed E-state index contributed by atoms with van der Waals surface area (Å²) in [5, 5.41) is 0. The molecule has 1 aromatic rings. The molecular weight excluding hydrogens is 314 g/mol. The fourth-order valence-electron chi connectivity index (χ4n) is 2.37. The molecule has 1 aromatic heterocycles. The molecule has 1 aliphatic rings. The van der Waals surface area contributed by atoms with E-state index in [-0.39, 0.29) is 11.0 Å². The van der Waals surface area contributed by atoms with Gasteiger partial charge in [0, 0.05) is 25.7 Å². The molecule has 8 heteroatoms. The molecule has 2 heterocycles. The Bertz CT molecular complexity index is 597. The highest BCUT2D eigenvalue weighted by Gasteiger charge is 2.32. The van der Waals surface area contributed by atoms with E-state index < -0.39 is 10.0 Å². The first kappa shape index (κ1) is 15.8. The van der Waals surface area contributed by atoms with Gasteiger partial charge < -0.3 is 5.73 Å². The van der Waals surface area contributed by atoms with Gasteiger partial charge in [0.2, 0.25) is 0 Å². The van der Waals surface area contributed by atoms with E-state index in [9.17, 15) is 8.42 Å². The normalized spacial score (nSPS) is 22.0. The van der Waals surface area contributed by atoms with Crippen molar-refractivity contribution in [1.82, 2.24) is 9.21 Å². The molecule has 1 atom stereocenters. The molecule has 20 heavy (non-hydrogen) atoms. The van der Waals surface area contributed by atoms with Crippen LogP contribution in [0.5, 0.6) is 0 Å². The third-order valence-electron chi connectivity index (χ3n) is 3.55. The lowest BCUT2D eigenvalue weighted by Gasteiger charge is -2.38. The first-order valence-corrected chi connectivity index (χ1v) is 9.16. The Morgan fingerprint density at radius 3 is 2.70 bits per heavy atom. The molecule has 0 spiro atoms. The minimum absolute atomic E-state index is 0.235. The van der Waals surface area contributed by atoms with Crippen molar-refractivity contribution in [2.24, 2.45) is 5.73 Å². The quantitative estimate of drug-likeness (QED) is 0.836. The maximum Gasteiger partial charge on any atom is 0.252 e. The monoisotopic (exact) mass is 333 g/mol. The number of piperazine rings is 1. The highest BCUT2D eigenvalue weighted by Crippen LogP contribution is 2.26. The zero-order valence-corrected chi connectivity index (χ0v) is 14.0. The Kier molecular flexibility index (Phi) is 4.80. The highest BCUT2D eigenvalue weighted by molar-refractivity contribution is 7.91. The number of thiocarbonyl (C=S) groups is 1. The van der Waals surface area contributed by atoms with Crippen LogP contribution in [-0.4, -0.2) is 54.8 Å². The van der Waals surface area contributed by atoms with Crippen LogP contribution >= 0.6 is 23.6 Å². The van der Waals surface area contributed by atoms with Crippen LogP contribution in [0.3, 0.4) is 0 Å². The zero-order valence-electron chi connectivity index (χ0n) is 11.6. The second kappa shape index (κ2) is 6.07. The van der Waals surface area contributed by atoms with Gasteiger partial charge in [-0.1, -0.05) is 19.1 Å². The molecule has 5 nitrogen and oxygen atoms in total. The van der Waals surface area contributed by atoms with Crippen LogP contribution in [0.2, 0.25) is 0 Å². The molecule has 0 radical (unpaired) electrons. The van der Waals surface area contributed by atoms with Crippen molar-refractivity contribution in [3.63, 3.8) is 0 Å². The van der Waals surface area contributed by atoms with E-state index in [0.29, 0.717) is 22.2 Å². The summed E-state index contributed by atoms with van der Waals surface area (Å²) >= 11 is 6.02. The molecular formula is C12H19N3O2S3. The Hall–Kier alpha value is -0.540. The third-order valence-corrected chi connectivity index (χ3v) is 7.35. The van der Waals surface area contributed by atoms with Gasteiger partial charge in [-0.2, -0.15) is 4.31 Å². The summed E-state index contributed by atoms with van der Waals surface area (Å²) in [6.07, 6.45) is 0. The van der Waals surface area contributed by atoms with Gasteiger partial charge in [0.05, 0.1) is 4.88 Å². The molecule has 1 fully saturated rings. The standard InChI is InChI=1S/C12H19N3O2S3/c1-3-14-6-7-15(8-9(14)2)20(16,17)11-5-4-10(19-11)12(13)18/h4-5,9H,3,6-8H2,1-2H3,(H2,13,18). The van der Waals surface area contributed by atoms with Crippen LogP contribution in [-0.2, 0) is 10.0 Å².